The maximum absolute atomic E-state index is 13.1. The van der Waals surface area contributed by atoms with Gasteiger partial charge < -0.3 is 26.4 Å². The quantitative estimate of drug-likeness (QED) is 0.316. The standard InChI is InChI=1S/C27H24N4O3S.C2HF3O2/c28-25(32)19-8-11-21-22(16-19)30-26(33)23(21)24(17-4-2-1-3-5-17)29-20-9-6-18(7-10-20)27(34)31-12-14-35-15-13-31;3-2(4,5)1(6)7/h1-11,16,29H,12-15H2,(H2,28,32)(H,30,33);(H,6,7)/b24-23-;. The summed E-state index contributed by atoms with van der Waals surface area (Å²) in [5, 5.41) is 13.4. The average molecular weight is 599 g/mol. The number of carbonyl (C=O) groups is 4. The minimum Gasteiger partial charge on any atom is -0.475 e. The molecule has 2 aliphatic rings. The summed E-state index contributed by atoms with van der Waals surface area (Å²) in [4.78, 5) is 48.3. The number of nitrogens with two attached hydrogens (primary N) is 1. The lowest BCUT2D eigenvalue weighted by atomic mass is 9.99. The Morgan fingerprint density at radius 1 is 0.905 bits per heavy atom. The average Bonchev–Trinajstić information content (AvgIpc) is 3.31. The number of primary amides is 1. The molecule has 1 fully saturated rings. The lowest BCUT2D eigenvalue weighted by Gasteiger charge is -2.26. The molecule has 0 spiro atoms. The number of amides is 3. The molecule has 5 rings (SSSR count). The molecule has 0 saturated carbocycles. The van der Waals surface area contributed by atoms with Gasteiger partial charge in [0.05, 0.1) is 11.3 Å². The van der Waals surface area contributed by atoms with Crippen molar-refractivity contribution in [1.29, 1.82) is 0 Å². The molecular weight excluding hydrogens is 573 g/mol. The monoisotopic (exact) mass is 598 g/mol. The zero-order chi connectivity index (χ0) is 30.4. The highest BCUT2D eigenvalue weighted by atomic mass is 32.2. The number of hydrogen-bond acceptors (Lipinski definition) is 6. The van der Waals surface area contributed by atoms with Crippen LogP contribution < -0.4 is 16.4 Å². The second-order valence-electron chi connectivity index (χ2n) is 9.10. The van der Waals surface area contributed by atoms with E-state index in [-0.39, 0.29) is 11.8 Å². The van der Waals surface area contributed by atoms with E-state index in [0.717, 1.165) is 35.8 Å². The number of halogens is 3. The van der Waals surface area contributed by atoms with Crippen molar-refractivity contribution in [2.45, 2.75) is 6.18 Å². The van der Waals surface area contributed by atoms with Crippen LogP contribution in [0.1, 0.15) is 31.8 Å². The molecule has 13 heteroatoms. The molecule has 5 N–H and O–H groups in total. The Morgan fingerprint density at radius 2 is 1.50 bits per heavy atom. The Labute approximate surface area is 242 Å². The van der Waals surface area contributed by atoms with Crippen molar-refractivity contribution in [2.75, 3.05) is 35.2 Å². The molecular formula is C29H25F3N4O5S. The number of carbonyl (C=O) groups excluding carboxylic acids is 3. The topological polar surface area (TPSA) is 142 Å². The van der Waals surface area contributed by atoms with Gasteiger partial charge in [0.2, 0.25) is 5.91 Å². The summed E-state index contributed by atoms with van der Waals surface area (Å²) < 4.78 is 31.7. The number of carboxylic acids is 1. The SMILES string of the molecule is NC(=O)c1ccc2c(c1)NC(=O)/C2=C(\Nc1ccc(C(=O)N2CCSCC2)cc1)c1ccccc1.O=C(O)C(F)(F)F. The number of carboxylic acid groups (broad SMARTS) is 1. The Balaban J connectivity index is 0.000000517. The molecule has 0 bridgehead atoms. The fourth-order valence-electron chi connectivity index (χ4n) is 4.25. The summed E-state index contributed by atoms with van der Waals surface area (Å²) in [5.41, 5.74) is 10.3. The van der Waals surface area contributed by atoms with Crippen molar-refractivity contribution in [3.63, 3.8) is 0 Å². The smallest absolute Gasteiger partial charge is 0.475 e. The van der Waals surface area contributed by atoms with Gasteiger partial charge in [-0.3, -0.25) is 14.4 Å². The molecule has 3 aromatic carbocycles. The molecule has 0 aromatic heterocycles. The fourth-order valence-corrected chi connectivity index (χ4v) is 5.15. The molecule has 0 radical (unpaired) electrons. The Kier molecular flexibility index (Phi) is 9.21. The van der Waals surface area contributed by atoms with E-state index in [4.69, 9.17) is 15.6 Å². The summed E-state index contributed by atoms with van der Waals surface area (Å²) in [6, 6.07) is 21.8. The first-order valence-electron chi connectivity index (χ1n) is 12.5. The third kappa shape index (κ3) is 7.10. The summed E-state index contributed by atoms with van der Waals surface area (Å²) in [6.45, 7) is 1.53. The van der Waals surface area contributed by atoms with Crippen LogP contribution in [0.2, 0.25) is 0 Å². The largest absolute Gasteiger partial charge is 0.490 e. The van der Waals surface area contributed by atoms with Crippen LogP contribution >= 0.6 is 11.8 Å². The zero-order valence-corrected chi connectivity index (χ0v) is 22.7. The second-order valence-corrected chi connectivity index (χ2v) is 10.3. The first-order valence-corrected chi connectivity index (χ1v) is 13.7. The van der Waals surface area contributed by atoms with Crippen LogP contribution in [0.5, 0.6) is 0 Å². The minimum atomic E-state index is -5.08. The third-order valence-corrected chi connectivity index (χ3v) is 7.25. The van der Waals surface area contributed by atoms with Crippen LogP contribution in [-0.4, -0.2) is 64.5 Å². The highest BCUT2D eigenvalue weighted by Crippen LogP contribution is 2.38. The number of rotatable bonds is 5. The normalized spacial score (nSPS) is 15.5. The van der Waals surface area contributed by atoms with E-state index in [9.17, 15) is 27.6 Å². The van der Waals surface area contributed by atoms with E-state index in [1.807, 2.05) is 71.3 Å². The number of anilines is 2. The van der Waals surface area contributed by atoms with Gasteiger partial charge in [-0.25, -0.2) is 4.79 Å². The molecule has 1 saturated heterocycles. The van der Waals surface area contributed by atoms with Gasteiger partial charge in [-0.15, -0.1) is 0 Å². The van der Waals surface area contributed by atoms with Gasteiger partial charge >= 0.3 is 12.1 Å². The first kappa shape index (κ1) is 30.2. The fraction of sp³-hybridized carbons (Fsp3) is 0.172. The number of aliphatic carboxylic acids is 1. The van der Waals surface area contributed by atoms with Gasteiger partial charge in [-0.2, -0.15) is 24.9 Å². The van der Waals surface area contributed by atoms with E-state index in [2.05, 4.69) is 10.6 Å². The summed E-state index contributed by atoms with van der Waals surface area (Å²) in [7, 11) is 0. The molecule has 0 aliphatic carbocycles. The molecule has 3 amide bonds. The molecule has 9 nitrogen and oxygen atoms in total. The maximum atomic E-state index is 13.1. The molecule has 3 aromatic rings. The summed E-state index contributed by atoms with van der Waals surface area (Å²) in [5.74, 6) is -1.63. The molecule has 2 aliphatic heterocycles. The van der Waals surface area contributed by atoms with Crippen LogP contribution in [0, 0.1) is 0 Å². The zero-order valence-electron chi connectivity index (χ0n) is 21.9. The maximum Gasteiger partial charge on any atom is 0.490 e. The van der Waals surface area contributed by atoms with Crippen LogP contribution in [-0.2, 0) is 9.59 Å². The van der Waals surface area contributed by atoms with Gasteiger partial charge in [-0.1, -0.05) is 36.4 Å². The van der Waals surface area contributed by atoms with Gasteiger partial charge in [0.25, 0.3) is 11.8 Å². The van der Waals surface area contributed by atoms with E-state index in [1.54, 1.807) is 18.2 Å². The molecule has 2 heterocycles. The van der Waals surface area contributed by atoms with Crippen LogP contribution in [0.4, 0.5) is 24.5 Å². The second kappa shape index (κ2) is 12.8. The van der Waals surface area contributed by atoms with Gasteiger partial charge in [-0.05, 0) is 42.0 Å². The molecule has 42 heavy (non-hydrogen) atoms. The Hall–Kier alpha value is -4.78. The number of nitrogens with one attached hydrogen (secondary N) is 2. The summed E-state index contributed by atoms with van der Waals surface area (Å²) in [6.07, 6.45) is -5.08. The Morgan fingerprint density at radius 3 is 2.07 bits per heavy atom. The van der Waals surface area contributed by atoms with E-state index < -0.39 is 18.1 Å². The lowest BCUT2D eigenvalue weighted by Crippen LogP contribution is -2.37. The molecule has 218 valence electrons. The minimum absolute atomic E-state index is 0.0350. The van der Waals surface area contributed by atoms with Crippen molar-refractivity contribution >= 4 is 58.1 Å². The van der Waals surface area contributed by atoms with Crippen LogP contribution in [0.25, 0.3) is 11.3 Å². The number of benzene rings is 3. The number of thioether (sulfide) groups is 1. The predicted molar refractivity (Wildman–Crippen MR) is 154 cm³/mol. The summed E-state index contributed by atoms with van der Waals surface area (Å²) >= 11 is 1.86. The predicted octanol–water partition coefficient (Wildman–Crippen LogP) is 4.54. The Bertz CT molecular complexity index is 1540. The highest BCUT2D eigenvalue weighted by Gasteiger charge is 2.38. The number of alkyl halides is 3. The molecule has 0 unspecified atom stereocenters. The van der Waals surface area contributed by atoms with Crippen molar-refractivity contribution < 1.29 is 37.5 Å². The molecule has 0 atom stereocenters. The number of nitrogens with zero attached hydrogens (tertiary/aromatic N) is 1. The van der Waals surface area contributed by atoms with E-state index in [1.165, 1.54) is 0 Å². The van der Waals surface area contributed by atoms with Crippen molar-refractivity contribution in [1.82, 2.24) is 4.90 Å². The number of fused-ring (bicyclic) bond motifs is 1. The van der Waals surface area contributed by atoms with Crippen LogP contribution in [0.3, 0.4) is 0 Å². The van der Waals surface area contributed by atoms with Crippen molar-refractivity contribution in [2.24, 2.45) is 5.73 Å². The van der Waals surface area contributed by atoms with E-state index >= 15 is 0 Å². The highest BCUT2D eigenvalue weighted by molar-refractivity contribution is 7.99. The van der Waals surface area contributed by atoms with Gasteiger partial charge in [0.1, 0.15) is 0 Å². The van der Waals surface area contributed by atoms with Gasteiger partial charge in [0.15, 0.2) is 0 Å². The third-order valence-electron chi connectivity index (χ3n) is 6.30. The lowest BCUT2D eigenvalue weighted by molar-refractivity contribution is -0.192. The number of hydrogen-bond donors (Lipinski definition) is 4. The van der Waals surface area contributed by atoms with Crippen molar-refractivity contribution in [3.8, 4) is 0 Å². The van der Waals surface area contributed by atoms with Gasteiger partial charge in [0, 0.05) is 52.7 Å². The van der Waals surface area contributed by atoms with Crippen LogP contribution in [0.15, 0.2) is 72.8 Å². The first-order chi connectivity index (χ1) is 20.0. The van der Waals surface area contributed by atoms with E-state index in [0.29, 0.717) is 33.6 Å². The van der Waals surface area contributed by atoms with Crippen molar-refractivity contribution in [3.05, 3.63) is 95.1 Å².